The molecule has 4 nitrogen and oxygen atoms in total. The lowest BCUT2D eigenvalue weighted by molar-refractivity contribution is 0.0984. The Morgan fingerprint density at radius 2 is 1.70 bits per heavy atom. The second-order valence-electron chi connectivity index (χ2n) is 5.95. The molecule has 0 saturated carbocycles. The predicted molar refractivity (Wildman–Crippen MR) is 120 cm³/mol. The summed E-state index contributed by atoms with van der Waals surface area (Å²) in [6.45, 7) is 7.67. The molecule has 3 aromatic rings. The van der Waals surface area contributed by atoms with Gasteiger partial charge in [-0.2, -0.15) is 0 Å². The molecule has 0 saturated heterocycles. The fraction of sp³-hybridized carbons (Fsp3) is 0.300. The summed E-state index contributed by atoms with van der Waals surface area (Å²) < 4.78 is 2.06. The number of carbonyl (C=O) groups is 1. The first-order chi connectivity index (χ1) is 12.6. The lowest BCUT2D eigenvalue weighted by Crippen LogP contribution is -2.38. The molecule has 0 radical (unpaired) electrons. The van der Waals surface area contributed by atoms with Crippen LogP contribution in [0.15, 0.2) is 53.0 Å². The van der Waals surface area contributed by atoms with Gasteiger partial charge in [-0.05, 0) is 49.5 Å². The van der Waals surface area contributed by atoms with E-state index in [2.05, 4.69) is 34.7 Å². The van der Waals surface area contributed by atoms with E-state index in [0.29, 0.717) is 12.1 Å². The molecule has 2 aromatic carbocycles. The molecule has 144 valence electrons. The molecule has 0 aliphatic carbocycles. The Balaban J connectivity index is 0.00000261. The number of aromatic nitrogens is 1. The van der Waals surface area contributed by atoms with Crippen molar-refractivity contribution in [1.29, 1.82) is 0 Å². The summed E-state index contributed by atoms with van der Waals surface area (Å²) in [5, 5.41) is 0.756. The van der Waals surface area contributed by atoms with Gasteiger partial charge < -0.3 is 4.90 Å². The maximum absolute atomic E-state index is 13.2. The summed E-state index contributed by atoms with van der Waals surface area (Å²) >= 11 is 4.99. The number of rotatable bonds is 7. The lowest BCUT2D eigenvalue weighted by atomic mass is 10.2. The highest BCUT2D eigenvalue weighted by atomic mass is 79.9. The molecule has 1 heterocycles. The van der Waals surface area contributed by atoms with Gasteiger partial charge in [0.2, 0.25) is 0 Å². The Morgan fingerprint density at radius 1 is 1.04 bits per heavy atom. The van der Waals surface area contributed by atoms with Crippen LogP contribution >= 0.6 is 39.7 Å². The summed E-state index contributed by atoms with van der Waals surface area (Å²) in [4.78, 5) is 22.0. The van der Waals surface area contributed by atoms with Crippen molar-refractivity contribution >= 4 is 60.9 Å². The highest BCUT2D eigenvalue weighted by Gasteiger charge is 2.21. The van der Waals surface area contributed by atoms with Crippen molar-refractivity contribution in [3.05, 3.63) is 58.6 Å². The molecule has 27 heavy (non-hydrogen) atoms. The highest BCUT2D eigenvalue weighted by molar-refractivity contribution is 9.10. The van der Waals surface area contributed by atoms with Crippen LogP contribution in [0.2, 0.25) is 0 Å². The minimum absolute atomic E-state index is 0. The normalized spacial score (nSPS) is 10.8. The smallest absolute Gasteiger partial charge is 0.260 e. The molecule has 0 spiro atoms. The van der Waals surface area contributed by atoms with Gasteiger partial charge in [-0.25, -0.2) is 4.98 Å². The molecule has 1 amide bonds. The van der Waals surface area contributed by atoms with Gasteiger partial charge in [0.15, 0.2) is 5.13 Å². The van der Waals surface area contributed by atoms with Gasteiger partial charge in [-0.1, -0.05) is 53.2 Å². The number of hydrogen-bond acceptors (Lipinski definition) is 4. The van der Waals surface area contributed by atoms with Gasteiger partial charge in [-0.3, -0.25) is 9.69 Å². The average Bonchev–Trinajstić information content (AvgIpc) is 3.09. The van der Waals surface area contributed by atoms with E-state index >= 15 is 0 Å². The van der Waals surface area contributed by atoms with E-state index in [1.807, 2.05) is 53.4 Å². The largest absolute Gasteiger partial charge is 0.302 e. The van der Waals surface area contributed by atoms with Crippen molar-refractivity contribution in [2.24, 2.45) is 0 Å². The quantitative estimate of drug-likeness (QED) is 0.461. The van der Waals surface area contributed by atoms with E-state index in [1.165, 1.54) is 0 Å². The number of nitrogens with zero attached hydrogens (tertiary/aromatic N) is 3. The number of likely N-dealkylation sites (N-methyl/N-ethyl adjacent to an activating group) is 1. The molecule has 0 bridgehead atoms. The fourth-order valence-corrected chi connectivity index (χ4v) is 4.04. The van der Waals surface area contributed by atoms with Crippen LogP contribution in [0.5, 0.6) is 0 Å². The monoisotopic (exact) mass is 467 g/mol. The third kappa shape index (κ3) is 5.29. The first-order valence-corrected chi connectivity index (χ1v) is 10.4. The van der Waals surface area contributed by atoms with Crippen LogP contribution in [0.4, 0.5) is 5.13 Å². The van der Waals surface area contributed by atoms with Crippen molar-refractivity contribution in [2.45, 2.75) is 13.8 Å². The third-order valence-electron chi connectivity index (χ3n) is 4.38. The van der Waals surface area contributed by atoms with Crippen molar-refractivity contribution < 1.29 is 4.79 Å². The number of fused-ring (bicyclic) bond motifs is 1. The van der Waals surface area contributed by atoms with E-state index in [-0.39, 0.29) is 18.3 Å². The van der Waals surface area contributed by atoms with Gasteiger partial charge in [0.25, 0.3) is 5.91 Å². The second-order valence-corrected chi connectivity index (χ2v) is 7.88. The minimum Gasteiger partial charge on any atom is -0.302 e. The predicted octanol–water partition coefficient (Wildman–Crippen LogP) is 5.47. The Bertz CT molecular complexity index is 847. The summed E-state index contributed by atoms with van der Waals surface area (Å²) in [6.07, 6.45) is 0. The maximum atomic E-state index is 13.2. The molecular formula is C20H23BrClN3OS. The van der Waals surface area contributed by atoms with E-state index in [9.17, 15) is 4.79 Å². The number of carbonyl (C=O) groups excluding carboxylic acids is 1. The molecule has 0 aliphatic heterocycles. The van der Waals surface area contributed by atoms with Crippen molar-refractivity contribution in [3.8, 4) is 0 Å². The van der Waals surface area contributed by atoms with Gasteiger partial charge in [0.1, 0.15) is 0 Å². The van der Waals surface area contributed by atoms with Crippen LogP contribution in [0.1, 0.15) is 24.2 Å². The first kappa shape index (κ1) is 21.8. The van der Waals surface area contributed by atoms with Gasteiger partial charge in [-0.15, -0.1) is 12.4 Å². The number of anilines is 1. The van der Waals surface area contributed by atoms with E-state index in [4.69, 9.17) is 4.98 Å². The van der Waals surface area contributed by atoms with Crippen LogP contribution in [0.3, 0.4) is 0 Å². The van der Waals surface area contributed by atoms with Gasteiger partial charge >= 0.3 is 0 Å². The van der Waals surface area contributed by atoms with Crippen molar-refractivity contribution in [3.63, 3.8) is 0 Å². The average molecular weight is 469 g/mol. The summed E-state index contributed by atoms with van der Waals surface area (Å²) in [5.74, 6) is -0.0105. The number of thiazole rings is 1. The number of amides is 1. The van der Waals surface area contributed by atoms with Gasteiger partial charge in [0, 0.05) is 23.1 Å². The Morgan fingerprint density at radius 3 is 2.33 bits per heavy atom. The highest BCUT2D eigenvalue weighted by Crippen LogP contribution is 2.29. The van der Waals surface area contributed by atoms with E-state index in [0.717, 1.165) is 39.5 Å². The summed E-state index contributed by atoms with van der Waals surface area (Å²) in [5.41, 5.74) is 1.61. The zero-order valence-corrected chi connectivity index (χ0v) is 18.6. The number of hydrogen-bond donors (Lipinski definition) is 0. The fourth-order valence-electron chi connectivity index (χ4n) is 2.79. The first-order valence-electron chi connectivity index (χ1n) is 8.77. The maximum Gasteiger partial charge on any atom is 0.260 e. The van der Waals surface area contributed by atoms with Crippen molar-refractivity contribution in [1.82, 2.24) is 9.88 Å². The van der Waals surface area contributed by atoms with Gasteiger partial charge in [0.05, 0.1) is 10.2 Å². The lowest BCUT2D eigenvalue weighted by Gasteiger charge is -2.24. The molecule has 0 aliphatic rings. The van der Waals surface area contributed by atoms with Crippen molar-refractivity contribution in [2.75, 3.05) is 31.1 Å². The minimum atomic E-state index is -0.0105. The van der Waals surface area contributed by atoms with E-state index in [1.54, 1.807) is 11.3 Å². The van der Waals surface area contributed by atoms with Crippen LogP contribution in [0.25, 0.3) is 10.2 Å². The molecule has 0 N–H and O–H groups in total. The Kier molecular flexibility index (Phi) is 8.23. The Labute approximate surface area is 178 Å². The summed E-state index contributed by atoms with van der Waals surface area (Å²) in [7, 11) is 0. The topological polar surface area (TPSA) is 36.4 Å². The second kappa shape index (κ2) is 10.2. The molecule has 1 aromatic heterocycles. The number of para-hydroxylation sites is 1. The zero-order chi connectivity index (χ0) is 18.5. The van der Waals surface area contributed by atoms with Crippen LogP contribution in [0, 0.1) is 0 Å². The molecule has 7 heteroatoms. The zero-order valence-electron chi connectivity index (χ0n) is 15.4. The third-order valence-corrected chi connectivity index (χ3v) is 5.97. The molecule has 0 atom stereocenters. The number of benzene rings is 2. The van der Waals surface area contributed by atoms with Crippen LogP contribution < -0.4 is 4.90 Å². The summed E-state index contributed by atoms with van der Waals surface area (Å²) in [6, 6.07) is 15.5. The van der Waals surface area contributed by atoms with Crippen LogP contribution in [-0.2, 0) is 0 Å². The molecule has 3 rings (SSSR count). The SMILES string of the molecule is CCN(CC)CCN(C(=O)c1ccc(Br)cc1)c1nc2ccccc2s1.Cl. The molecule has 0 fully saturated rings. The van der Waals surface area contributed by atoms with E-state index < -0.39 is 0 Å². The molecule has 0 unspecified atom stereocenters. The van der Waals surface area contributed by atoms with Crippen LogP contribution in [-0.4, -0.2) is 42.0 Å². The molecular weight excluding hydrogens is 446 g/mol. The number of halogens is 2. The Hall–Kier alpha value is -1.47. The standard InChI is InChI=1S/C20H22BrN3OS.ClH/c1-3-23(4-2)13-14-24(19(25)15-9-11-16(21)12-10-15)20-22-17-7-5-6-8-18(17)26-20;/h5-12H,3-4,13-14H2,1-2H3;1H.